The van der Waals surface area contributed by atoms with Crippen molar-refractivity contribution in [1.29, 1.82) is 0 Å². The minimum atomic E-state index is -5.51. The summed E-state index contributed by atoms with van der Waals surface area (Å²) in [5, 5.41) is 32.4. The quantitative estimate of drug-likeness (QED) is 0.0459. The topological polar surface area (TPSA) is 222 Å². The fourth-order valence-electron chi connectivity index (χ4n) is 16.7. The molecule has 1 saturated heterocycles. The van der Waals surface area contributed by atoms with Crippen LogP contribution >= 0.6 is 0 Å². The summed E-state index contributed by atoms with van der Waals surface area (Å²) in [5.74, 6) is 5.01. The first-order valence-electron chi connectivity index (χ1n) is 25.8. The van der Waals surface area contributed by atoms with E-state index < -0.39 is 60.6 Å². The fraction of sp³-hybridized carbons (Fsp3) is 0.904. The van der Waals surface area contributed by atoms with Crippen molar-refractivity contribution in [2.24, 2.45) is 103 Å². The average molecular weight is 1060 g/mol. The Balaban J connectivity index is 0.000000117. The van der Waals surface area contributed by atoms with Gasteiger partial charge in [-0.25, -0.2) is 12.8 Å². The number of aliphatic hydroxyl groups is 3. The van der Waals surface area contributed by atoms with E-state index in [1.165, 1.54) is 19.4 Å². The summed E-state index contributed by atoms with van der Waals surface area (Å²) in [6.07, 6.45) is 8.36. The first-order valence-corrected chi connectivity index (χ1v) is 28.6. The van der Waals surface area contributed by atoms with Crippen molar-refractivity contribution < 1.29 is 67.1 Å². The molecule has 1 heterocycles. The van der Waals surface area contributed by atoms with Crippen LogP contribution in [0.5, 0.6) is 0 Å². The molecule has 0 spiro atoms. The standard InChI is InChI=1S/C9H11F3O3S.C9H14O4S.C9H16O2.C9H14.C8H12FN3O.C8H12O/c1-8(2)5-3-4-6(7(5)8)15-16(13,14)9(10,11)12;1-8(2)5-4-6-9(3,7(5)8)13-14(10,11)12-6;1-8(2)5-4-6(10)9(3,11)7(5)8;1-6-4-5-7-8(6)9(7,2)3;1-7(9)4-3-5(13)8(2,6(4)7)11-12-10;1-8(2)5-3-4-6(9)7(5)8/h4-5,7H,3H2,1-2H3;5-7H,4H2,1-3H3;5-7,10-11H,4H2,1-3H3;4,7-8H,5H2,1-3H3;4-6,13H,3H2,1-2H3;5,7H,3-4H2,1-2H3. The Bertz CT molecular complexity index is 2580. The molecule has 1 aliphatic heterocycles. The zero-order chi connectivity index (χ0) is 54.3. The number of azide groups is 1. The lowest BCUT2D eigenvalue weighted by atomic mass is 9.88. The normalized spacial score (nSPS) is 48.8. The predicted molar refractivity (Wildman–Crippen MR) is 259 cm³/mol. The molecule has 11 fully saturated rings. The Morgan fingerprint density at radius 1 is 0.736 bits per heavy atom. The smallest absolute Gasteiger partial charge is 0.392 e. The number of ketones is 1. The number of halogens is 4. The van der Waals surface area contributed by atoms with Crippen molar-refractivity contribution in [2.45, 2.75) is 195 Å². The molecule has 14 nitrogen and oxygen atoms in total. The summed E-state index contributed by atoms with van der Waals surface area (Å²) in [7, 11) is -9.23. The molecule has 408 valence electrons. The lowest BCUT2D eigenvalue weighted by Gasteiger charge is -2.28. The number of aliphatic hydroxyl groups excluding tert-OH is 2. The second kappa shape index (κ2) is 16.6. The van der Waals surface area contributed by atoms with E-state index in [1.807, 2.05) is 20.8 Å². The zero-order valence-electron chi connectivity index (χ0n) is 44.5. The number of Topliss-reactive ketones (excluding diaryl/α,β-unsaturated/α-hetero) is 1. The second-order valence-corrected chi connectivity index (χ2v) is 30.1. The van der Waals surface area contributed by atoms with Crippen LogP contribution in [0.15, 0.2) is 28.6 Å². The summed E-state index contributed by atoms with van der Waals surface area (Å²) in [6, 6.07) is 0. The highest BCUT2D eigenvalue weighted by Crippen LogP contribution is 2.74. The van der Waals surface area contributed by atoms with E-state index in [2.05, 4.69) is 82.6 Å². The van der Waals surface area contributed by atoms with Gasteiger partial charge in [0.25, 0.3) is 0 Å². The number of fused-ring (bicyclic) bond motifs is 8. The predicted octanol–water partition coefficient (Wildman–Crippen LogP) is 10.3. The molecule has 0 amide bonds. The molecule has 19 atom stereocenters. The molecule has 0 aromatic carbocycles. The first kappa shape index (κ1) is 55.9. The molecule has 20 heteroatoms. The van der Waals surface area contributed by atoms with E-state index in [4.69, 9.17) is 13.9 Å². The number of rotatable bonds is 3. The van der Waals surface area contributed by atoms with Crippen LogP contribution in [-0.4, -0.2) is 84.2 Å². The van der Waals surface area contributed by atoms with Crippen LogP contribution in [0.3, 0.4) is 0 Å². The number of nitrogens with zero attached hydrogens (tertiary/aromatic N) is 3. The molecule has 0 bridgehead atoms. The highest BCUT2D eigenvalue weighted by molar-refractivity contribution is 7.87. The number of carbonyl (C=O) groups excluding carboxylic acids is 1. The molecule has 12 aliphatic carbocycles. The van der Waals surface area contributed by atoms with Crippen LogP contribution in [0, 0.1) is 98.1 Å². The second-order valence-electron chi connectivity index (χ2n) is 27.4. The van der Waals surface area contributed by atoms with E-state index in [-0.39, 0.29) is 51.8 Å². The Morgan fingerprint density at radius 2 is 1.25 bits per heavy atom. The average Bonchev–Trinajstić information content (AvgIpc) is 4.05. The summed E-state index contributed by atoms with van der Waals surface area (Å²) in [5.41, 5.74) is 2.39. The minimum Gasteiger partial charge on any atom is -0.392 e. The third-order valence-corrected chi connectivity index (χ3v) is 23.6. The van der Waals surface area contributed by atoms with Gasteiger partial charge >= 0.3 is 26.0 Å². The van der Waals surface area contributed by atoms with E-state index in [9.17, 15) is 54.5 Å². The highest BCUT2D eigenvalue weighted by Gasteiger charge is 2.78. The third kappa shape index (κ3) is 8.73. The van der Waals surface area contributed by atoms with Gasteiger partial charge in [0.15, 0.2) is 0 Å². The maximum Gasteiger partial charge on any atom is 0.534 e. The van der Waals surface area contributed by atoms with Gasteiger partial charge in [-0.2, -0.15) is 30.0 Å². The molecular formula is C52H79F4N3O11S2. The molecule has 10 saturated carbocycles. The molecule has 13 aliphatic rings. The lowest BCUT2D eigenvalue weighted by Crippen LogP contribution is -2.40. The molecule has 13 rings (SSSR count). The van der Waals surface area contributed by atoms with Gasteiger partial charge in [0, 0.05) is 40.9 Å². The van der Waals surface area contributed by atoms with Gasteiger partial charge in [-0.3, -0.25) is 4.79 Å². The van der Waals surface area contributed by atoms with Crippen molar-refractivity contribution in [3.63, 3.8) is 0 Å². The van der Waals surface area contributed by atoms with E-state index in [0.717, 1.165) is 43.4 Å². The van der Waals surface area contributed by atoms with Crippen LogP contribution in [0.4, 0.5) is 17.6 Å². The van der Waals surface area contributed by atoms with Crippen LogP contribution in [0.1, 0.15) is 149 Å². The third-order valence-electron chi connectivity index (χ3n) is 21.5. The maximum atomic E-state index is 13.6. The maximum absolute atomic E-state index is 13.6. The monoisotopic (exact) mass is 1060 g/mol. The van der Waals surface area contributed by atoms with Crippen LogP contribution in [-0.2, 0) is 37.9 Å². The summed E-state index contributed by atoms with van der Waals surface area (Å²) < 4.78 is 108. The highest BCUT2D eigenvalue weighted by atomic mass is 32.3. The SMILES string of the molecule is CC1(C)C2CC(O)C(C)(O)C21.CC1(C)C2CC3OS(=O)(=O)OC3(C)C21.CC1(C)C2CC=C(OS(=O)(=O)C(F)(F)F)C21.CC1(C)C2CCC(=O)C21.CC1(F)C2CC(O)C(C)(N=[N+]=[N-])C21.CC1=CCC2C1C2(C)C. The van der Waals surface area contributed by atoms with Crippen LogP contribution in [0.2, 0.25) is 0 Å². The zero-order valence-corrected chi connectivity index (χ0v) is 46.2. The number of alkyl halides is 4. The summed E-state index contributed by atoms with van der Waals surface area (Å²) in [6.45, 7) is 30.7. The molecule has 0 aromatic rings. The first-order chi connectivity index (χ1) is 32.4. The molecule has 72 heavy (non-hydrogen) atoms. The van der Waals surface area contributed by atoms with Gasteiger partial charge in [-0.15, -0.1) is 0 Å². The Hall–Kier alpha value is -2.32. The largest absolute Gasteiger partial charge is 0.534 e. The van der Waals surface area contributed by atoms with Gasteiger partial charge in [0.1, 0.15) is 28.9 Å². The Kier molecular flexibility index (Phi) is 12.9. The molecule has 3 N–H and O–H groups in total. The Labute approximate surface area is 423 Å². The number of allylic oxidation sites excluding steroid dienone is 4. The molecule has 0 radical (unpaired) electrons. The summed E-state index contributed by atoms with van der Waals surface area (Å²) >= 11 is 0. The lowest BCUT2D eigenvalue weighted by molar-refractivity contribution is -0.119. The summed E-state index contributed by atoms with van der Waals surface area (Å²) in [4.78, 5) is 13.7. The van der Waals surface area contributed by atoms with Gasteiger partial charge in [0.05, 0.1) is 23.3 Å². The number of hydrogen-bond donors (Lipinski definition) is 3. The fourth-order valence-corrected chi connectivity index (χ4v) is 18.5. The Morgan fingerprint density at radius 3 is 1.64 bits per heavy atom. The van der Waals surface area contributed by atoms with Gasteiger partial charge in [-0.05, 0) is 146 Å². The van der Waals surface area contributed by atoms with Crippen LogP contribution < -0.4 is 0 Å². The van der Waals surface area contributed by atoms with Crippen LogP contribution in [0.25, 0.3) is 10.4 Å². The number of carbonyl (C=O) groups is 1. The van der Waals surface area contributed by atoms with Crippen molar-refractivity contribution in [2.75, 3.05) is 0 Å². The molecule has 0 aromatic heterocycles. The van der Waals surface area contributed by atoms with Gasteiger partial charge in [-0.1, -0.05) is 92.9 Å². The minimum absolute atomic E-state index is 0.0488. The van der Waals surface area contributed by atoms with Crippen molar-refractivity contribution in [1.82, 2.24) is 0 Å². The van der Waals surface area contributed by atoms with Gasteiger partial charge < -0.3 is 19.5 Å². The molecule has 19 unspecified atom stereocenters. The van der Waals surface area contributed by atoms with E-state index in [1.54, 1.807) is 19.4 Å². The van der Waals surface area contributed by atoms with E-state index in [0.29, 0.717) is 59.0 Å². The van der Waals surface area contributed by atoms with E-state index >= 15 is 0 Å². The number of hydrogen-bond acceptors (Lipinski definition) is 12. The van der Waals surface area contributed by atoms with Crippen molar-refractivity contribution in [3.05, 3.63) is 33.9 Å². The van der Waals surface area contributed by atoms with Gasteiger partial charge in [0.2, 0.25) is 0 Å². The van der Waals surface area contributed by atoms with Crippen molar-refractivity contribution >= 4 is 26.3 Å². The van der Waals surface area contributed by atoms with Crippen molar-refractivity contribution in [3.8, 4) is 0 Å². The molecular weight excluding hydrogens is 983 g/mol.